The van der Waals surface area contributed by atoms with Crippen LogP contribution in [0.25, 0.3) is 0 Å². The molecule has 13 heavy (non-hydrogen) atoms. The van der Waals surface area contributed by atoms with E-state index in [1.54, 1.807) is 0 Å². The Kier molecular flexibility index (Phi) is 6.16. The Bertz CT molecular complexity index is 185. The first-order valence-electron chi connectivity index (χ1n) is 4.43. The molecule has 0 aromatic heterocycles. The highest BCUT2D eigenvalue weighted by Gasteiger charge is 2.11. The molecule has 0 unspecified atom stereocenters. The number of hydrogen-bond acceptors (Lipinski definition) is 3. The van der Waals surface area contributed by atoms with Crippen LogP contribution in [-0.4, -0.2) is 20.7 Å². The van der Waals surface area contributed by atoms with E-state index in [1.807, 2.05) is 0 Å². The number of ether oxygens (including phenoxy) is 1. The lowest BCUT2D eigenvalue weighted by atomic mass is 10.5. The molecule has 0 aliphatic carbocycles. The molecule has 0 aliphatic heterocycles. The van der Waals surface area contributed by atoms with Crippen LogP contribution >= 0.6 is 12.6 Å². The molecule has 0 radical (unpaired) electrons. The van der Waals surface area contributed by atoms with Crippen LogP contribution in [0.3, 0.4) is 0 Å². The summed E-state index contributed by atoms with van der Waals surface area (Å²) >= 11 is 3.78. The van der Waals surface area contributed by atoms with Gasteiger partial charge in [0, 0.05) is 14.1 Å². The molecule has 0 saturated carbocycles. The lowest BCUT2D eigenvalue weighted by Gasteiger charge is -2.14. The summed E-state index contributed by atoms with van der Waals surface area (Å²) in [6, 6.07) is 1.20. The summed E-state index contributed by atoms with van der Waals surface area (Å²) < 4.78 is 4.93. The lowest BCUT2D eigenvalue weighted by molar-refractivity contribution is -0.137. The molecule has 0 N–H and O–H groups in total. The van der Waals surface area contributed by atoms with E-state index in [0.717, 1.165) is 6.42 Å². The van der Waals surface area contributed by atoms with Crippen LogP contribution < -0.4 is 0 Å². The van der Waals surface area contributed by atoms with Crippen LogP contribution in [0.1, 0.15) is 6.42 Å². The van der Waals surface area contributed by atoms with E-state index in [4.69, 9.17) is 4.74 Å². The van der Waals surface area contributed by atoms with Crippen LogP contribution in [0.5, 0.6) is 0 Å². The minimum absolute atomic E-state index is 0.300. The molecule has 0 heterocycles. The second kappa shape index (κ2) is 6.26. The van der Waals surface area contributed by atoms with Crippen molar-refractivity contribution in [2.24, 2.45) is 0 Å². The summed E-state index contributed by atoms with van der Waals surface area (Å²) in [6.07, 6.45) is 2.29. The normalized spacial score (nSPS) is 12.0. The summed E-state index contributed by atoms with van der Waals surface area (Å²) in [7, 11) is -0.972. The molecule has 0 aromatic rings. The summed E-state index contributed by atoms with van der Waals surface area (Å²) in [4.78, 5) is 10.8. The van der Waals surface area contributed by atoms with Gasteiger partial charge in [-0.25, -0.2) is 4.79 Å². The third-order valence-corrected chi connectivity index (χ3v) is 3.53. The molecule has 2 nitrogen and oxygen atoms in total. The number of carbonyl (C=O) groups is 1. The van der Waals surface area contributed by atoms with Gasteiger partial charge in [0.25, 0.3) is 0 Å². The van der Waals surface area contributed by atoms with Gasteiger partial charge in [0.15, 0.2) is 0 Å². The molecule has 0 fully saturated rings. The Balaban J connectivity index is 3.41. The van der Waals surface area contributed by atoms with Crippen molar-refractivity contribution in [3.8, 4) is 0 Å². The Morgan fingerprint density at radius 1 is 1.46 bits per heavy atom. The van der Waals surface area contributed by atoms with Crippen molar-refractivity contribution >= 4 is 26.7 Å². The molecule has 76 valence electrons. The van der Waals surface area contributed by atoms with Crippen LogP contribution in [0.4, 0.5) is 0 Å². The van der Waals surface area contributed by atoms with E-state index < -0.39 is 8.07 Å². The van der Waals surface area contributed by atoms with E-state index in [2.05, 4.69) is 32.3 Å². The van der Waals surface area contributed by atoms with Gasteiger partial charge in [-0.1, -0.05) is 25.7 Å². The number of esters is 1. The molecule has 0 aliphatic rings. The minimum Gasteiger partial charge on any atom is -0.463 e. The van der Waals surface area contributed by atoms with Gasteiger partial charge >= 0.3 is 5.97 Å². The second-order valence-electron chi connectivity index (χ2n) is 4.15. The van der Waals surface area contributed by atoms with Gasteiger partial charge in [-0.2, -0.15) is 12.6 Å². The zero-order valence-corrected chi connectivity index (χ0v) is 10.4. The molecule has 0 rings (SSSR count). The van der Waals surface area contributed by atoms with Gasteiger partial charge in [-0.15, -0.1) is 0 Å². The number of rotatable bonds is 5. The van der Waals surface area contributed by atoms with E-state index >= 15 is 0 Å². The standard InChI is InChI=1S/C9H18O2SSi/c1-13(2,3)8-4-6-11-9(10)5-7-12/h5,7,12H,4,6,8H2,1-3H3. The first kappa shape index (κ1) is 12.8. The highest BCUT2D eigenvalue weighted by Crippen LogP contribution is 2.10. The maximum atomic E-state index is 10.8. The topological polar surface area (TPSA) is 26.3 Å². The largest absolute Gasteiger partial charge is 0.463 e. The summed E-state index contributed by atoms with van der Waals surface area (Å²) in [5.41, 5.74) is 0. The van der Waals surface area contributed by atoms with E-state index in [-0.39, 0.29) is 5.97 Å². The third kappa shape index (κ3) is 9.69. The maximum Gasteiger partial charge on any atom is 0.331 e. The van der Waals surface area contributed by atoms with Crippen LogP contribution in [-0.2, 0) is 9.53 Å². The maximum absolute atomic E-state index is 10.8. The molecule has 0 bridgehead atoms. The monoisotopic (exact) mass is 218 g/mol. The number of thiol groups is 1. The highest BCUT2D eigenvalue weighted by atomic mass is 32.1. The predicted octanol–water partition coefficient (Wildman–Crippen LogP) is 2.70. The summed E-state index contributed by atoms with van der Waals surface area (Å²) in [5, 5.41) is 1.39. The molecule has 0 saturated heterocycles. The average molecular weight is 218 g/mol. The fourth-order valence-electron chi connectivity index (χ4n) is 0.884. The van der Waals surface area contributed by atoms with E-state index in [9.17, 15) is 4.79 Å². The van der Waals surface area contributed by atoms with E-state index in [0.29, 0.717) is 6.61 Å². The predicted molar refractivity (Wildman–Crippen MR) is 61.9 cm³/mol. The molecule has 0 aromatic carbocycles. The van der Waals surface area contributed by atoms with Crippen molar-refractivity contribution in [2.45, 2.75) is 32.1 Å². The van der Waals surface area contributed by atoms with Crippen molar-refractivity contribution < 1.29 is 9.53 Å². The molecular weight excluding hydrogens is 200 g/mol. The first-order valence-corrected chi connectivity index (χ1v) is 8.65. The SMILES string of the molecule is C[Si](C)(C)CCCOC(=O)C=CS. The Morgan fingerprint density at radius 3 is 2.54 bits per heavy atom. The van der Waals surface area contributed by atoms with Crippen molar-refractivity contribution in [1.82, 2.24) is 0 Å². The second-order valence-corrected chi connectivity index (χ2v) is 10.1. The van der Waals surface area contributed by atoms with Gasteiger partial charge in [0.05, 0.1) is 6.61 Å². The smallest absolute Gasteiger partial charge is 0.331 e. The van der Waals surface area contributed by atoms with Crippen molar-refractivity contribution in [2.75, 3.05) is 6.61 Å². The molecule has 0 amide bonds. The minimum atomic E-state index is -0.972. The van der Waals surface area contributed by atoms with Gasteiger partial charge in [0.1, 0.15) is 0 Å². The summed E-state index contributed by atoms with van der Waals surface area (Å²) in [5.74, 6) is -0.300. The first-order chi connectivity index (χ1) is 5.95. The van der Waals surface area contributed by atoms with Crippen molar-refractivity contribution in [3.63, 3.8) is 0 Å². The fourth-order valence-corrected chi connectivity index (χ4v) is 2.21. The Labute approximate surface area is 86.8 Å². The van der Waals surface area contributed by atoms with Gasteiger partial charge in [-0.05, 0) is 11.8 Å². The zero-order chi connectivity index (χ0) is 10.3. The fraction of sp³-hybridized carbons (Fsp3) is 0.667. The van der Waals surface area contributed by atoms with Gasteiger partial charge < -0.3 is 4.74 Å². The molecular formula is C9H18O2SSi. The highest BCUT2D eigenvalue weighted by molar-refractivity contribution is 7.83. The van der Waals surface area contributed by atoms with E-state index in [1.165, 1.54) is 17.5 Å². The number of hydrogen-bond donors (Lipinski definition) is 1. The third-order valence-electron chi connectivity index (χ3n) is 1.53. The van der Waals surface area contributed by atoms with Gasteiger partial charge in [-0.3, -0.25) is 0 Å². The van der Waals surface area contributed by atoms with Crippen LogP contribution in [0.2, 0.25) is 25.7 Å². The quantitative estimate of drug-likeness (QED) is 0.252. The van der Waals surface area contributed by atoms with Gasteiger partial charge in [0.2, 0.25) is 0 Å². The van der Waals surface area contributed by atoms with Crippen LogP contribution in [0, 0.1) is 0 Å². The average Bonchev–Trinajstić information content (AvgIpc) is 1.97. The van der Waals surface area contributed by atoms with Crippen molar-refractivity contribution in [3.05, 3.63) is 11.5 Å². The Hall–Kier alpha value is -0.223. The molecule has 0 atom stereocenters. The zero-order valence-electron chi connectivity index (χ0n) is 8.54. The Morgan fingerprint density at radius 2 is 2.08 bits per heavy atom. The molecule has 4 heteroatoms. The number of carbonyl (C=O) groups excluding carboxylic acids is 1. The summed E-state index contributed by atoms with van der Waals surface area (Å²) in [6.45, 7) is 7.45. The lowest BCUT2D eigenvalue weighted by Crippen LogP contribution is -2.19. The molecule has 0 spiro atoms. The van der Waals surface area contributed by atoms with Crippen molar-refractivity contribution in [1.29, 1.82) is 0 Å². The van der Waals surface area contributed by atoms with Crippen LogP contribution in [0.15, 0.2) is 11.5 Å².